The largest absolute Gasteiger partial charge is 0.397 e. The maximum atomic E-state index is 6.79. The van der Waals surface area contributed by atoms with E-state index in [-0.39, 0.29) is 0 Å². The number of aryl methyl sites for hydroxylation is 1. The topological polar surface area (TPSA) is 80.1 Å². The van der Waals surface area contributed by atoms with Crippen LogP contribution in [0.4, 0.5) is 17.1 Å². The Morgan fingerprint density at radius 1 is 0.971 bits per heavy atom. The van der Waals surface area contributed by atoms with Gasteiger partial charge in [-0.3, -0.25) is 5.01 Å². The molecule has 3 rings (SSSR count). The summed E-state index contributed by atoms with van der Waals surface area (Å²) in [7, 11) is 4.02. The minimum absolute atomic E-state index is 0.491. The first-order chi connectivity index (χ1) is 16.8. The maximum Gasteiger partial charge on any atom is 0.129 e. The molecule has 4 N–H and O–H groups in total. The van der Waals surface area contributed by atoms with Crippen molar-refractivity contribution in [3.63, 3.8) is 0 Å². The number of rotatable bonds is 8. The Hall–Kier alpha value is -3.35. The molecule has 6 heteroatoms. The van der Waals surface area contributed by atoms with Gasteiger partial charge in [0.2, 0.25) is 0 Å². The van der Waals surface area contributed by atoms with Gasteiger partial charge in [-0.1, -0.05) is 80.0 Å². The molecule has 0 amide bonds. The predicted molar refractivity (Wildman–Crippen MR) is 151 cm³/mol. The molecule has 188 valence electrons. The molecule has 0 heterocycles. The fraction of sp³-hybridized carbons (Fsp3) is 0.345. The van der Waals surface area contributed by atoms with Crippen molar-refractivity contribution in [2.24, 2.45) is 11.0 Å². The first-order valence-electron chi connectivity index (χ1n) is 12.3. The van der Waals surface area contributed by atoms with Gasteiger partial charge in [0, 0.05) is 22.9 Å². The van der Waals surface area contributed by atoms with Gasteiger partial charge >= 0.3 is 0 Å². The van der Waals surface area contributed by atoms with E-state index < -0.39 is 0 Å². The van der Waals surface area contributed by atoms with Crippen LogP contribution in [-0.4, -0.2) is 32.1 Å². The minimum atomic E-state index is 0.491. The maximum absolute atomic E-state index is 6.79. The second-order valence-corrected chi connectivity index (χ2v) is 8.44. The zero-order valence-electron chi connectivity index (χ0n) is 22.3. The fourth-order valence-corrected chi connectivity index (χ4v) is 3.65. The average Bonchev–Trinajstić information content (AvgIpc) is 2.94. The van der Waals surface area contributed by atoms with Gasteiger partial charge < -0.3 is 15.5 Å². The van der Waals surface area contributed by atoms with Crippen LogP contribution in [0.25, 0.3) is 16.8 Å². The SMILES string of the molecule is CC.CC/C=C\c1c(C)c(N)c(N(N)c2ccc(C)cc2)c2ccccc2/c1=N\OCCN(C)C. The Balaban J connectivity index is 0.00000210. The summed E-state index contributed by atoms with van der Waals surface area (Å²) in [4.78, 5) is 7.82. The predicted octanol–water partition coefficient (Wildman–Crippen LogP) is 5.89. The summed E-state index contributed by atoms with van der Waals surface area (Å²) in [6.07, 6.45) is 5.08. The van der Waals surface area contributed by atoms with Gasteiger partial charge in [-0.15, -0.1) is 0 Å². The molecule has 0 fully saturated rings. The van der Waals surface area contributed by atoms with E-state index >= 15 is 0 Å². The second-order valence-electron chi connectivity index (χ2n) is 8.44. The quantitative estimate of drug-likeness (QED) is 0.241. The molecule has 0 atom stereocenters. The molecule has 0 aromatic heterocycles. The highest BCUT2D eigenvalue weighted by Gasteiger charge is 2.17. The molecule has 0 aliphatic rings. The zero-order chi connectivity index (χ0) is 26.0. The minimum Gasteiger partial charge on any atom is -0.397 e. The highest BCUT2D eigenvalue weighted by molar-refractivity contribution is 6.02. The summed E-state index contributed by atoms with van der Waals surface area (Å²) in [6.45, 7) is 11.4. The molecular weight excluding hydrogens is 434 g/mol. The van der Waals surface area contributed by atoms with Gasteiger partial charge in [0.1, 0.15) is 12.0 Å². The van der Waals surface area contributed by atoms with Gasteiger partial charge in [-0.05, 0) is 52.1 Å². The number of anilines is 3. The van der Waals surface area contributed by atoms with E-state index in [2.05, 4.69) is 36.1 Å². The van der Waals surface area contributed by atoms with Crippen LogP contribution in [0.2, 0.25) is 0 Å². The Morgan fingerprint density at radius 3 is 2.20 bits per heavy atom. The van der Waals surface area contributed by atoms with Crippen molar-refractivity contribution in [1.82, 2.24) is 4.90 Å². The van der Waals surface area contributed by atoms with Crippen molar-refractivity contribution in [3.8, 4) is 0 Å². The van der Waals surface area contributed by atoms with E-state index in [9.17, 15) is 0 Å². The van der Waals surface area contributed by atoms with Crippen LogP contribution in [0, 0.1) is 13.8 Å². The molecule has 3 aromatic rings. The van der Waals surface area contributed by atoms with Crippen LogP contribution in [0.3, 0.4) is 0 Å². The highest BCUT2D eigenvalue weighted by atomic mass is 16.6. The Morgan fingerprint density at radius 2 is 1.60 bits per heavy atom. The van der Waals surface area contributed by atoms with Crippen molar-refractivity contribution in [3.05, 3.63) is 76.7 Å². The third kappa shape index (κ3) is 6.84. The van der Waals surface area contributed by atoms with E-state index in [1.807, 2.05) is 83.4 Å². The number of fused-ring (bicyclic) bond motifs is 1. The molecule has 0 unspecified atom stereocenters. The number of benzene rings is 2. The average molecular weight is 476 g/mol. The monoisotopic (exact) mass is 475 g/mol. The van der Waals surface area contributed by atoms with Crippen molar-refractivity contribution < 1.29 is 4.84 Å². The second kappa shape index (κ2) is 13.5. The van der Waals surface area contributed by atoms with Crippen LogP contribution in [0.1, 0.15) is 43.9 Å². The molecular formula is C29H41N5O. The molecule has 0 spiro atoms. The smallest absolute Gasteiger partial charge is 0.129 e. The number of hydrazine groups is 1. The summed E-state index contributed by atoms with van der Waals surface area (Å²) in [5.41, 5.74) is 12.0. The fourth-order valence-electron chi connectivity index (χ4n) is 3.65. The normalized spacial score (nSPS) is 11.6. The number of hydrogen-bond acceptors (Lipinski definition) is 6. The molecule has 0 aliphatic carbocycles. The van der Waals surface area contributed by atoms with Gasteiger partial charge in [0.15, 0.2) is 0 Å². The number of nitrogen functional groups attached to an aromatic ring is 1. The number of hydrogen-bond donors (Lipinski definition) is 2. The number of nitrogens with two attached hydrogens (primary N) is 2. The molecule has 0 saturated heterocycles. The third-order valence-corrected chi connectivity index (χ3v) is 5.61. The van der Waals surface area contributed by atoms with E-state index in [0.29, 0.717) is 12.3 Å². The lowest BCUT2D eigenvalue weighted by Crippen LogP contribution is -2.26. The van der Waals surface area contributed by atoms with E-state index in [1.54, 1.807) is 5.01 Å². The van der Waals surface area contributed by atoms with Crippen molar-refractivity contribution in [2.75, 3.05) is 38.0 Å². The van der Waals surface area contributed by atoms with Gasteiger partial charge in [-0.25, -0.2) is 5.84 Å². The molecule has 3 aromatic carbocycles. The van der Waals surface area contributed by atoms with Gasteiger partial charge in [0.05, 0.1) is 17.1 Å². The van der Waals surface area contributed by atoms with Crippen molar-refractivity contribution in [2.45, 2.75) is 41.0 Å². The van der Waals surface area contributed by atoms with Crippen LogP contribution in [0.15, 0.2) is 59.8 Å². The van der Waals surface area contributed by atoms with Crippen LogP contribution in [-0.2, 0) is 4.84 Å². The van der Waals surface area contributed by atoms with E-state index in [0.717, 1.165) is 51.6 Å². The Labute approximate surface area is 210 Å². The summed E-state index contributed by atoms with van der Waals surface area (Å²) in [6, 6.07) is 16.1. The molecule has 0 radical (unpaired) electrons. The van der Waals surface area contributed by atoms with Crippen molar-refractivity contribution >= 4 is 33.9 Å². The summed E-state index contributed by atoms with van der Waals surface area (Å²) in [5.74, 6) is 6.68. The summed E-state index contributed by atoms with van der Waals surface area (Å²) >= 11 is 0. The Bertz CT molecular complexity index is 1200. The lowest BCUT2D eigenvalue weighted by molar-refractivity contribution is 0.117. The van der Waals surface area contributed by atoms with Gasteiger partial charge in [-0.2, -0.15) is 0 Å². The lowest BCUT2D eigenvalue weighted by Gasteiger charge is -2.22. The van der Waals surface area contributed by atoms with Crippen molar-refractivity contribution in [1.29, 1.82) is 0 Å². The lowest BCUT2D eigenvalue weighted by atomic mass is 10.1. The summed E-state index contributed by atoms with van der Waals surface area (Å²) in [5, 5.41) is 8.84. The van der Waals surface area contributed by atoms with E-state index in [1.165, 1.54) is 5.56 Å². The van der Waals surface area contributed by atoms with Crippen LogP contribution >= 0.6 is 0 Å². The van der Waals surface area contributed by atoms with Crippen LogP contribution in [0.5, 0.6) is 0 Å². The third-order valence-electron chi connectivity index (χ3n) is 5.61. The molecule has 6 nitrogen and oxygen atoms in total. The number of likely N-dealkylation sites (N-methyl/N-ethyl adjacent to an activating group) is 1. The highest BCUT2D eigenvalue weighted by Crippen LogP contribution is 2.36. The molecule has 0 bridgehead atoms. The van der Waals surface area contributed by atoms with E-state index in [4.69, 9.17) is 16.4 Å². The molecule has 0 aliphatic heterocycles. The number of allylic oxidation sites excluding steroid dienone is 1. The molecule has 35 heavy (non-hydrogen) atoms. The number of nitrogens with zero attached hydrogens (tertiary/aromatic N) is 3. The first kappa shape index (κ1) is 27.9. The Kier molecular flexibility index (Phi) is 10.8. The zero-order valence-corrected chi connectivity index (χ0v) is 22.3. The molecule has 0 saturated carbocycles. The summed E-state index contributed by atoms with van der Waals surface area (Å²) < 4.78 is 0. The van der Waals surface area contributed by atoms with Gasteiger partial charge in [0.25, 0.3) is 0 Å². The van der Waals surface area contributed by atoms with Crippen LogP contribution < -0.4 is 21.9 Å². The standard InChI is InChI=1S/C27H35N5O.C2H6/c1-6-7-10-22-20(3)25(28)27(32(29)21-15-13-19(2)14-16-21)24-12-9-8-11-23(24)26(22)30-33-18-17-31(4)5;1-2/h7-16H,6,17-18,28-29H2,1-5H3;1-2H3/b10-7-,30-26-;. The first-order valence-corrected chi connectivity index (χ1v) is 12.3.